The zero-order chi connectivity index (χ0) is 23.4. The van der Waals surface area contributed by atoms with Crippen LogP contribution in [0.4, 0.5) is 24.7 Å². The van der Waals surface area contributed by atoms with Gasteiger partial charge in [-0.15, -0.1) is 13.2 Å². The van der Waals surface area contributed by atoms with E-state index in [2.05, 4.69) is 19.9 Å². The Bertz CT molecular complexity index is 983. The molecule has 1 N–H and O–H groups in total. The van der Waals surface area contributed by atoms with Crippen LogP contribution < -0.4 is 15.0 Å². The van der Waals surface area contributed by atoms with Gasteiger partial charge in [0.15, 0.2) is 0 Å². The molecule has 2 aliphatic rings. The van der Waals surface area contributed by atoms with Crippen LogP contribution in [0.15, 0.2) is 42.6 Å². The highest BCUT2D eigenvalue weighted by atomic mass is 19.4. The van der Waals surface area contributed by atoms with E-state index in [0.29, 0.717) is 37.2 Å². The second-order valence-corrected chi connectivity index (χ2v) is 8.22. The van der Waals surface area contributed by atoms with Crippen molar-refractivity contribution in [2.75, 3.05) is 36.4 Å². The molecule has 33 heavy (non-hydrogen) atoms. The maximum absolute atomic E-state index is 12.6. The van der Waals surface area contributed by atoms with Crippen molar-refractivity contribution in [3.05, 3.63) is 48.2 Å². The minimum absolute atomic E-state index is 0.0251. The number of likely N-dealkylation sites (tertiary alicyclic amines) is 1. The van der Waals surface area contributed by atoms with Gasteiger partial charge in [-0.05, 0) is 62.1 Å². The van der Waals surface area contributed by atoms with Gasteiger partial charge in [0.1, 0.15) is 11.6 Å². The van der Waals surface area contributed by atoms with E-state index >= 15 is 0 Å². The monoisotopic (exact) mass is 462 g/mol. The fourth-order valence-corrected chi connectivity index (χ4v) is 4.18. The van der Waals surface area contributed by atoms with Gasteiger partial charge >= 0.3 is 6.36 Å². The number of rotatable bonds is 5. The Morgan fingerprint density at radius 1 is 1.00 bits per heavy atom. The normalized spacial score (nSPS) is 17.2. The summed E-state index contributed by atoms with van der Waals surface area (Å²) in [4.78, 5) is 33.6. The summed E-state index contributed by atoms with van der Waals surface area (Å²) in [6.45, 7) is 2.81. The number of carbonyl (C=O) groups excluding carboxylic acids is 2. The number of anilines is 2. The minimum Gasteiger partial charge on any atom is -0.406 e. The molecule has 0 bridgehead atoms. The predicted molar refractivity (Wildman–Crippen MR) is 116 cm³/mol. The molecule has 0 saturated carbocycles. The standard InChI is InChI=1S/C23H25F3N4O3/c24-23(25,26)33-19-5-3-18(4-6-19)28-21(31)16-8-13-29(14-9-16)20-15-17(7-10-27-20)22(32)30-11-1-2-12-30/h3-7,10,15-16H,1-2,8-9,11-14H2,(H,28,31). The summed E-state index contributed by atoms with van der Waals surface area (Å²) in [5.74, 6) is 0.00908. The number of nitrogens with one attached hydrogen (secondary N) is 1. The lowest BCUT2D eigenvalue weighted by Crippen LogP contribution is -2.38. The quantitative estimate of drug-likeness (QED) is 0.725. The SMILES string of the molecule is O=C(Nc1ccc(OC(F)(F)F)cc1)C1CCN(c2cc(C(=O)N3CCCC3)ccn2)CC1. The van der Waals surface area contributed by atoms with E-state index in [9.17, 15) is 22.8 Å². The third-order valence-electron chi connectivity index (χ3n) is 5.93. The molecular formula is C23H25F3N4O3. The van der Waals surface area contributed by atoms with Gasteiger partial charge in [0.25, 0.3) is 5.91 Å². The third kappa shape index (κ3) is 5.94. The number of piperidine rings is 1. The number of aromatic nitrogens is 1. The predicted octanol–water partition coefficient (Wildman–Crippen LogP) is 4.07. The van der Waals surface area contributed by atoms with Crippen LogP contribution in [0, 0.1) is 5.92 Å². The van der Waals surface area contributed by atoms with Crippen LogP contribution >= 0.6 is 0 Å². The average molecular weight is 462 g/mol. The molecule has 0 aliphatic carbocycles. The van der Waals surface area contributed by atoms with Gasteiger partial charge < -0.3 is 19.9 Å². The second kappa shape index (κ2) is 9.68. The largest absolute Gasteiger partial charge is 0.573 e. The molecule has 2 saturated heterocycles. The molecule has 2 fully saturated rings. The minimum atomic E-state index is -4.76. The van der Waals surface area contributed by atoms with Gasteiger partial charge in [0, 0.05) is 49.5 Å². The van der Waals surface area contributed by atoms with E-state index in [1.54, 1.807) is 12.3 Å². The Hall–Kier alpha value is -3.30. The number of halogens is 3. The summed E-state index contributed by atoms with van der Waals surface area (Å²) < 4.78 is 40.6. The van der Waals surface area contributed by atoms with Crippen molar-refractivity contribution in [1.82, 2.24) is 9.88 Å². The van der Waals surface area contributed by atoms with Crippen molar-refractivity contribution < 1.29 is 27.5 Å². The Labute approximate surface area is 189 Å². The number of hydrogen-bond acceptors (Lipinski definition) is 5. The smallest absolute Gasteiger partial charge is 0.406 e. The summed E-state index contributed by atoms with van der Waals surface area (Å²) in [5.41, 5.74) is 1.03. The average Bonchev–Trinajstić information content (AvgIpc) is 3.34. The third-order valence-corrected chi connectivity index (χ3v) is 5.93. The summed E-state index contributed by atoms with van der Waals surface area (Å²) in [6.07, 6.45) is 0.161. The highest BCUT2D eigenvalue weighted by Gasteiger charge is 2.31. The number of benzene rings is 1. The molecule has 2 aromatic rings. The first-order valence-electron chi connectivity index (χ1n) is 11.0. The number of nitrogens with zero attached hydrogens (tertiary/aromatic N) is 3. The molecule has 10 heteroatoms. The zero-order valence-corrected chi connectivity index (χ0v) is 18.0. The van der Waals surface area contributed by atoms with E-state index in [4.69, 9.17) is 0 Å². The highest BCUT2D eigenvalue weighted by Crippen LogP contribution is 2.26. The Balaban J connectivity index is 1.30. The van der Waals surface area contributed by atoms with Crippen LogP contribution in [0.1, 0.15) is 36.0 Å². The van der Waals surface area contributed by atoms with E-state index in [1.807, 2.05) is 11.0 Å². The fourth-order valence-electron chi connectivity index (χ4n) is 4.18. The first kappa shape index (κ1) is 22.9. The summed E-state index contributed by atoms with van der Waals surface area (Å²) in [7, 11) is 0. The van der Waals surface area contributed by atoms with Crippen molar-refractivity contribution in [3.8, 4) is 5.75 Å². The molecule has 0 radical (unpaired) electrons. The molecule has 1 aromatic heterocycles. The molecule has 4 rings (SSSR count). The molecule has 7 nitrogen and oxygen atoms in total. The Morgan fingerprint density at radius 2 is 1.67 bits per heavy atom. The van der Waals surface area contributed by atoms with Gasteiger partial charge in [-0.2, -0.15) is 0 Å². The van der Waals surface area contributed by atoms with E-state index in [-0.39, 0.29) is 23.5 Å². The van der Waals surface area contributed by atoms with Crippen LogP contribution in [-0.2, 0) is 4.79 Å². The van der Waals surface area contributed by atoms with Crippen LogP contribution in [-0.4, -0.2) is 54.2 Å². The lowest BCUT2D eigenvalue weighted by Gasteiger charge is -2.32. The number of hydrogen-bond donors (Lipinski definition) is 1. The van der Waals surface area contributed by atoms with E-state index in [0.717, 1.165) is 43.9 Å². The Kier molecular flexibility index (Phi) is 6.71. The lowest BCUT2D eigenvalue weighted by atomic mass is 9.95. The van der Waals surface area contributed by atoms with Gasteiger partial charge in [0.05, 0.1) is 0 Å². The van der Waals surface area contributed by atoms with Crippen LogP contribution in [0.25, 0.3) is 0 Å². The number of pyridine rings is 1. The number of ether oxygens (including phenoxy) is 1. The second-order valence-electron chi connectivity index (χ2n) is 8.22. The van der Waals surface area contributed by atoms with Crippen molar-refractivity contribution in [2.24, 2.45) is 5.92 Å². The molecular weight excluding hydrogens is 437 g/mol. The molecule has 176 valence electrons. The fraction of sp³-hybridized carbons (Fsp3) is 0.435. The number of alkyl halides is 3. The summed E-state index contributed by atoms with van der Waals surface area (Å²) >= 11 is 0. The molecule has 3 heterocycles. The molecule has 2 amide bonds. The topological polar surface area (TPSA) is 74.8 Å². The summed E-state index contributed by atoms with van der Waals surface area (Å²) in [5, 5.41) is 2.75. The summed E-state index contributed by atoms with van der Waals surface area (Å²) in [6, 6.07) is 8.62. The number of amides is 2. The van der Waals surface area contributed by atoms with Crippen molar-refractivity contribution in [3.63, 3.8) is 0 Å². The van der Waals surface area contributed by atoms with E-state index in [1.165, 1.54) is 12.1 Å². The van der Waals surface area contributed by atoms with E-state index < -0.39 is 6.36 Å². The first-order chi connectivity index (χ1) is 15.8. The van der Waals surface area contributed by atoms with Gasteiger partial charge in [-0.25, -0.2) is 4.98 Å². The highest BCUT2D eigenvalue weighted by molar-refractivity contribution is 5.95. The van der Waals surface area contributed by atoms with Crippen LogP contribution in [0.2, 0.25) is 0 Å². The van der Waals surface area contributed by atoms with Crippen molar-refractivity contribution >= 4 is 23.3 Å². The Morgan fingerprint density at radius 3 is 2.30 bits per heavy atom. The van der Waals surface area contributed by atoms with Crippen LogP contribution in [0.3, 0.4) is 0 Å². The maximum Gasteiger partial charge on any atom is 0.573 e. The van der Waals surface area contributed by atoms with Gasteiger partial charge in [-0.1, -0.05) is 0 Å². The lowest BCUT2D eigenvalue weighted by molar-refractivity contribution is -0.274. The molecule has 0 unspecified atom stereocenters. The van der Waals surface area contributed by atoms with Gasteiger partial charge in [-0.3, -0.25) is 9.59 Å². The van der Waals surface area contributed by atoms with Crippen molar-refractivity contribution in [1.29, 1.82) is 0 Å². The molecule has 0 spiro atoms. The number of carbonyl (C=O) groups is 2. The van der Waals surface area contributed by atoms with Gasteiger partial charge in [0.2, 0.25) is 5.91 Å². The van der Waals surface area contributed by atoms with Crippen LogP contribution in [0.5, 0.6) is 5.75 Å². The molecule has 0 atom stereocenters. The first-order valence-corrected chi connectivity index (χ1v) is 11.0. The molecule has 1 aromatic carbocycles. The molecule has 2 aliphatic heterocycles. The van der Waals surface area contributed by atoms with Crippen molar-refractivity contribution in [2.45, 2.75) is 32.0 Å². The maximum atomic E-state index is 12.6. The zero-order valence-electron chi connectivity index (χ0n) is 18.0.